The van der Waals surface area contributed by atoms with Gasteiger partial charge in [-0.15, -0.1) is 5.10 Å². The summed E-state index contributed by atoms with van der Waals surface area (Å²) in [6, 6.07) is 3.32. The van der Waals surface area contributed by atoms with Crippen LogP contribution in [0.1, 0.15) is 51.2 Å². The Morgan fingerprint density at radius 1 is 1.10 bits per heavy atom. The summed E-state index contributed by atoms with van der Waals surface area (Å²) in [6.45, 7) is 9.01. The molecule has 14 nitrogen and oxygen atoms in total. The molecule has 1 aromatic carbocycles. The first-order valence-corrected chi connectivity index (χ1v) is 16.3. The van der Waals surface area contributed by atoms with E-state index in [1.165, 1.54) is 39.9 Å². The summed E-state index contributed by atoms with van der Waals surface area (Å²) >= 11 is 0. The lowest BCUT2D eigenvalue weighted by Gasteiger charge is -2.37. The predicted molar refractivity (Wildman–Crippen MR) is 177 cm³/mol. The third kappa shape index (κ3) is 7.22. The van der Waals surface area contributed by atoms with E-state index in [2.05, 4.69) is 15.4 Å². The zero-order valence-corrected chi connectivity index (χ0v) is 28.2. The second kappa shape index (κ2) is 13.6. The molecular weight excluding hydrogens is 659 g/mol. The summed E-state index contributed by atoms with van der Waals surface area (Å²) in [5.74, 6) is -0.0783. The van der Waals surface area contributed by atoms with Crippen LogP contribution in [0.4, 0.5) is 29.3 Å². The number of imidazole rings is 1. The van der Waals surface area contributed by atoms with Crippen molar-refractivity contribution < 1.29 is 32.2 Å². The molecule has 50 heavy (non-hydrogen) atoms. The number of hydrogen-bond acceptors (Lipinski definition) is 9. The van der Waals surface area contributed by atoms with Crippen molar-refractivity contribution in [2.24, 2.45) is 0 Å². The van der Waals surface area contributed by atoms with E-state index in [4.69, 9.17) is 14.5 Å². The van der Waals surface area contributed by atoms with E-state index in [9.17, 15) is 27.6 Å². The number of amides is 2. The molecule has 2 amide bonds. The Bertz CT molecular complexity index is 1990. The van der Waals surface area contributed by atoms with Crippen LogP contribution in [0.3, 0.4) is 0 Å². The molecule has 1 N–H and O–H groups in total. The molecule has 6 rings (SSSR count). The maximum Gasteiger partial charge on any atom is 0.418 e. The maximum atomic E-state index is 14.2. The van der Waals surface area contributed by atoms with Crippen LogP contribution in [-0.4, -0.2) is 90.6 Å². The van der Waals surface area contributed by atoms with E-state index in [1.54, 1.807) is 30.2 Å². The minimum atomic E-state index is -4.64. The number of alkyl halides is 3. The molecule has 0 bridgehead atoms. The van der Waals surface area contributed by atoms with Crippen LogP contribution in [0.5, 0.6) is 0 Å². The van der Waals surface area contributed by atoms with Gasteiger partial charge in [0.25, 0.3) is 5.56 Å². The van der Waals surface area contributed by atoms with Gasteiger partial charge in [0.15, 0.2) is 5.82 Å². The van der Waals surface area contributed by atoms with Gasteiger partial charge in [-0.05, 0) is 57.4 Å². The first kappa shape index (κ1) is 34.7. The van der Waals surface area contributed by atoms with Crippen LogP contribution < -0.4 is 15.8 Å². The zero-order chi connectivity index (χ0) is 35.8. The molecule has 1 saturated heterocycles. The highest BCUT2D eigenvalue weighted by Gasteiger charge is 2.35. The van der Waals surface area contributed by atoms with Gasteiger partial charge in [-0.3, -0.25) is 9.59 Å². The lowest BCUT2D eigenvalue weighted by Crippen LogP contribution is -2.51. The minimum absolute atomic E-state index is 0.134. The van der Waals surface area contributed by atoms with Crippen molar-refractivity contribution in [1.29, 1.82) is 0 Å². The molecule has 5 heterocycles. The lowest BCUT2D eigenvalue weighted by molar-refractivity contribution is -0.137. The largest absolute Gasteiger partial charge is 0.444 e. The van der Waals surface area contributed by atoms with Crippen LogP contribution >= 0.6 is 0 Å². The summed E-state index contributed by atoms with van der Waals surface area (Å²) in [5.41, 5.74) is -0.382. The lowest BCUT2D eigenvalue weighted by atomic mass is 10.1. The second-order valence-corrected chi connectivity index (χ2v) is 12.9. The quantitative estimate of drug-likeness (QED) is 0.302. The molecule has 266 valence electrons. The van der Waals surface area contributed by atoms with E-state index in [0.29, 0.717) is 69.4 Å². The summed E-state index contributed by atoms with van der Waals surface area (Å²) in [5, 5.41) is 7.28. The molecule has 2 aliphatic rings. The Morgan fingerprint density at radius 3 is 2.48 bits per heavy atom. The Hall–Kier alpha value is -5.19. The molecule has 0 spiro atoms. The fourth-order valence-electron chi connectivity index (χ4n) is 6.04. The van der Waals surface area contributed by atoms with Crippen molar-refractivity contribution in [2.75, 3.05) is 49.6 Å². The van der Waals surface area contributed by atoms with Gasteiger partial charge in [-0.1, -0.05) is 13.0 Å². The predicted octanol–water partition coefficient (Wildman–Crippen LogP) is 4.16. The minimum Gasteiger partial charge on any atom is -0.444 e. The van der Waals surface area contributed by atoms with Crippen molar-refractivity contribution >= 4 is 34.7 Å². The smallest absolute Gasteiger partial charge is 0.418 e. The molecular formula is C33H38F3N9O5. The maximum absolute atomic E-state index is 14.2. The third-order valence-electron chi connectivity index (χ3n) is 8.33. The average molecular weight is 698 g/mol. The fourth-order valence-corrected chi connectivity index (χ4v) is 6.04. The van der Waals surface area contributed by atoms with Gasteiger partial charge >= 0.3 is 12.3 Å². The molecule has 2 aliphatic heterocycles. The van der Waals surface area contributed by atoms with E-state index in [1.807, 2.05) is 17.9 Å². The Balaban J connectivity index is 1.36. The standard InChI is InChI=1S/C33H38F3N9O5/c1-5-24-27(41-12-14-42(15-13-41)31(48)50-32(2,3)4)29(47)45-30(39-28(40-45)21-8-16-49-17-9-21)44(24)19-26(46)38-22-6-7-23(33(34,35)36)25(18-22)43-11-10-37-20-43/h6-8,10-11,18,20H,5,9,12-17,19H2,1-4H3,(H,38,46). The number of benzene rings is 1. The summed E-state index contributed by atoms with van der Waals surface area (Å²) in [4.78, 5) is 52.6. The van der Waals surface area contributed by atoms with Crippen LogP contribution in [0.2, 0.25) is 0 Å². The number of carbonyl (C=O) groups excluding carboxylic acids is 2. The van der Waals surface area contributed by atoms with E-state index in [-0.39, 0.29) is 23.7 Å². The topological polar surface area (TPSA) is 141 Å². The van der Waals surface area contributed by atoms with Crippen LogP contribution in [0.25, 0.3) is 17.0 Å². The SMILES string of the molecule is CCc1c(N2CCN(C(=O)OC(C)(C)C)CC2)c(=O)n2nc(C3=CCOCC3)nc2n1CC(=O)Nc1ccc(C(F)(F)F)c(-n2ccnc2)c1. The highest BCUT2D eigenvalue weighted by Crippen LogP contribution is 2.35. The van der Waals surface area contributed by atoms with E-state index >= 15 is 0 Å². The van der Waals surface area contributed by atoms with E-state index < -0.39 is 34.9 Å². The van der Waals surface area contributed by atoms with Crippen molar-refractivity contribution in [1.82, 2.24) is 33.6 Å². The number of hydrogen-bond donors (Lipinski definition) is 1. The normalized spacial score (nSPS) is 15.7. The Labute approximate surface area is 285 Å². The molecule has 17 heteroatoms. The van der Waals surface area contributed by atoms with Crippen molar-refractivity contribution in [2.45, 2.75) is 58.9 Å². The van der Waals surface area contributed by atoms with Gasteiger partial charge < -0.3 is 33.7 Å². The second-order valence-electron chi connectivity index (χ2n) is 12.9. The molecule has 4 aromatic rings. The number of piperazine rings is 1. The molecule has 0 radical (unpaired) electrons. The fraction of sp³-hybridized carbons (Fsp3) is 0.455. The number of ether oxygens (including phenoxy) is 2. The van der Waals surface area contributed by atoms with Crippen molar-refractivity contribution in [3.63, 3.8) is 0 Å². The summed E-state index contributed by atoms with van der Waals surface area (Å²) in [6.07, 6.45) is 1.63. The molecule has 0 atom stereocenters. The first-order valence-electron chi connectivity index (χ1n) is 16.3. The van der Waals surface area contributed by atoms with Gasteiger partial charge in [0.05, 0.1) is 36.5 Å². The molecule has 0 saturated carbocycles. The van der Waals surface area contributed by atoms with Crippen molar-refractivity contribution in [3.05, 3.63) is 70.4 Å². The van der Waals surface area contributed by atoms with Gasteiger partial charge in [0.2, 0.25) is 11.7 Å². The molecule has 0 unspecified atom stereocenters. The number of rotatable bonds is 7. The van der Waals surface area contributed by atoms with Crippen LogP contribution in [0, 0.1) is 0 Å². The number of nitrogens with zero attached hydrogens (tertiary/aromatic N) is 8. The Kier molecular flexibility index (Phi) is 9.44. The number of fused-ring (bicyclic) bond motifs is 1. The average Bonchev–Trinajstić information content (AvgIpc) is 3.77. The molecule has 1 fully saturated rings. The summed E-state index contributed by atoms with van der Waals surface area (Å²) in [7, 11) is 0. The highest BCUT2D eigenvalue weighted by atomic mass is 19.4. The summed E-state index contributed by atoms with van der Waals surface area (Å²) < 4.78 is 56.5. The molecule has 0 aliphatic carbocycles. The third-order valence-corrected chi connectivity index (χ3v) is 8.33. The number of carbonyl (C=O) groups is 2. The Morgan fingerprint density at radius 2 is 1.86 bits per heavy atom. The van der Waals surface area contributed by atoms with Gasteiger partial charge in [0, 0.05) is 44.3 Å². The number of anilines is 2. The highest BCUT2D eigenvalue weighted by molar-refractivity contribution is 5.91. The number of halogens is 3. The first-order chi connectivity index (χ1) is 23.7. The monoisotopic (exact) mass is 697 g/mol. The molecule has 3 aromatic heterocycles. The van der Waals surface area contributed by atoms with Crippen molar-refractivity contribution in [3.8, 4) is 5.69 Å². The van der Waals surface area contributed by atoms with Gasteiger partial charge in [0.1, 0.15) is 17.8 Å². The van der Waals surface area contributed by atoms with Crippen LogP contribution in [0.15, 0.2) is 47.8 Å². The van der Waals surface area contributed by atoms with Crippen LogP contribution in [-0.2, 0) is 33.4 Å². The van der Waals surface area contributed by atoms with E-state index in [0.717, 1.165) is 11.6 Å². The number of nitrogens with one attached hydrogen (secondary N) is 1. The number of aromatic nitrogens is 6. The zero-order valence-electron chi connectivity index (χ0n) is 28.2. The van der Waals surface area contributed by atoms with Gasteiger partial charge in [-0.25, -0.2) is 9.78 Å². The van der Waals surface area contributed by atoms with Gasteiger partial charge in [-0.2, -0.15) is 22.7 Å².